The van der Waals surface area contributed by atoms with E-state index >= 15 is 0 Å². The highest BCUT2D eigenvalue weighted by Gasteiger charge is 2.15. The van der Waals surface area contributed by atoms with Gasteiger partial charge in [0, 0.05) is 25.6 Å². The first kappa shape index (κ1) is 21.1. The third kappa shape index (κ3) is 6.48. The molecule has 0 saturated carbocycles. The summed E-state index contributed by atoms with van der Waals surface area (Å²) in [5.41, 5.74) is 7.06. The number of hydrogen-bond acceptors (Lipinski definition) is 6. The van der Waals surface area contributed by atoms with Gasteiger partial charge in [0.1, 0.15) is 5.75 Å². The van der Waals surface area contributed by atoms with Crippen LogP contribution in [0.4, 0.5) is 10.1 Å². The number of carbonyl (C=O) groups excluding carboxylic acids is 1. The molecule has 0 spiro atoms. The van der Waals surface area contributed by atoms with E-state index in [9.17, 15) is 9.18 Å². The first-order valence-corrected chi connectivity index (χ1v) is 9.35. The molecule has 1 aromatic heterocycles. The van der Waals surface area contributed by atoms with E-state index in [4.69, 9.17) is 26.5 Å². The second-order valence-electron chi connectivity index (χ2n) is 6.08. The van der Waals surface area contributed by atoms with Crippen molar-refractivity contribution >= 4 is 34.3 Å². The maximum absolute atomic E-state index is 13.9. The van der Waals surface area contributed by atoms with E-state index in [-0.39, 0.29) is 23.8 Å². The molecule has 27 heavy (non-hydrogen) atoms. The second kappa shape index (κ2) is 11.5. The molecule has 1 heterocycles. The summed E-state index contributed by atoms with van der Waals surface area (Å²) >= 11 is 5.37. The molecule has 1 amide bonds. The molecule has 0 fully saturated rings. The Bertz CT molecular complexity index is 754. The highest BCUT2D eigenvalue weighted by Crippen LogP contribution is 2.36. The van der Waals surface area contributed by atoms with Crippen LogP contribution in [0.1, 0.15) is 38.5 Å². The van der Waals surface area contributed by atoms with Gasteiger partial charge >= 0.3 is 0 Å². The quantitative estimate of drug-likeness (QED) is 0.256. The Kier molecular flexibility index (Phi) is 9.00. The number of rotatable bonds is 13. The molecule has 0 unspecified atom stereocenters. The maximum atomic E-state index is 13.9. The summed E-state index contributed by atoms with van der Waals surface area (Å²) < 4.78 is 24.7. The normalized spacial score (nSPS) is 10.9. The third-order valence-electron chi connectivity index (χ3n) is 4.07. The summed E-state index contributed by atoms with van der Waals surface area (Å²) in [4.78, 5) is 14.4. The minimum absolute atomic E-state index is 0.0241. The Morgan fingerprint density at radius 1 is 1.26 bits per heavy atom. The van der Waals surface area contributed by atoms with E-state index in [0.29, 0.717) is 30.5 Å². The highest BCUT2D eigenvalue weighted by atomic mass is 35.5. The summed E-state index contributed by atoms with van der Waals surface area (Å²) in [7, 11) is 0. The topological polar surface area (TPSA) is 99.7 Å². The number of unbranched alkanes of at least 4 members (excludes halogenated alkanes) is 3. The molecule has 0 radical (unpaired) electrons. The van der Waals surface area contributed by atoms with Crippen LogP contribution in [0.3, 0.4) is 0 Å². The van der Waals surface area contributed by atoms with Crippen LogP contribution >= 0.6 is 11.8 Å². The van der Waals surface area contributed by atoms with Gasteiger partial charge in [0.15, 0.2) is 17.1 Å². The lowest BCUT2D eigenvalue weighted by Gasteiger charge is -2.09. The SMILES string of the molecule is N=Nc1c(F)cc(OCCCC(=O)NCCCCCCNCl)c2ccoc12. The number of halogens is 2. The van der Waals surface area contributed by atoms with Crippen LogP contribution in [0.5, 0.6) is 5.75 Å². The molecular formula is C18H24ClFN4O3. The summed E-state index contributed by atoms with van der Waals surface area (Å²) in [5, 5.41) is 6.58. The predicted octanol–water partition coefficient (Wildman–Crippen LogP) is 4.81. The monoisotopic (exact) mass is 398 g/mol. The number of nitrogens with one attached hydrogen (secondary N) is 3. The van der Waals surface area contributed by atoms with Crippen molar-refractivity contribution in [3.05, 3.63) is 24.2 Å². The van der Waals surface area contributed by atoms with Crippen LogP contribution in [0.25, 0.3) is 11.0 Å². The third-order valence-corrected chi connectivity index (χ3v) is 4.26. The van der Waals surface area contributed by atoms with Gasteiger partial charge in [-0.2, -0.15) is 5.11 Å². The van der Waals surface area contributed by atoms with Gasteiger partial charge in [0.2, 0.25) is 5.91 Å². The minimum atomic E-state index is -0.679. The van der Waals surface area contributed by atoms with Crippen molar-refractivity contribution in [2.75, 3.05) is 19.7 Å². The number of benzene rings is 1. The molecular weight excluding hydrogens is 375 g/mol. The summed E-state index contributed by atoms with van der Waals surface area (Å²) in [5.74, 6) is -0.387. The zero-order valence-electron chi connectivity index (χ0n) is 15.0. The smallest absolute Gasteiger partial charge is 0.220 e. The lowest BCUT2D eigenvalue weighted by molar-refractivity contribution is -0.121. The number of carbonyl (C=O) groups is 1. The van der Waals surface area contributed by atoms with E-state index in [1.807, 2.05) is 0 Å². The summed E-state index contributed by atoms with van der Waals surface area (Å²) in [6.45, 7) is 1.73. The van der Waals surface area contributed by atoms with Crippen molar-refractivity contribution in [3.63, 3.8) is 0 Å². The molecule has 2 aromatic rings. The average Bonchev–Trinajstić information content (AvgIpc) is 3.14. The maximum Gasteiger partial charge on any atom is 0.220 e. The van der Waals surface area contributed by atoms with Crippen LogP contribution in [0, 0.1) is 11.3 Å². The van der Waals surface area contributed by atoms with Crippen LogP contribution in [0.2, 0.25) is 0 Å². The second-order valence-corrected chi connectivity index (χ2v) is 6.35. The molecule has 3 N–H and O–H groups in total. The Balaban J connectivity index is 1.67. The molecule has 0 bridgehead atoms. The van der Waals surface area contributed by atoms with Crippen molar-refractivity contribution in [1.29, 1.82) is 5.53 Å². The molecule has 9 heteroatoms. The molecule has 0 atom stereocenters. The molecule has 2 rings (SSSR count). The molecule has 0 aliphatic carbocycles. The number of hydrogen-bond donors (Lipinski definition) is 3. The summed E-state index contributed by atoms with van der Waals surface area (Å²) in [6.07, 6.45) is 6.34. The average molecular weight is 399 g/mol. The summed E-state index contributed by atoms with van der Waals surface area (Å²) in [6, 6.07) is 2.82. The Morgan fingerprint density at radius 2 is 2.04 bits per heavy atom. The molecule has 148 valence electrons. The predicted molar refractivity (Wildman–Crippen MR) is 101 cm³/mol. The fraction of sp³-hybridized carbons (Fsp3) is 0.500. The Labute approximate surface area is 162 Å². The van der Waals surface area contributed by atoms with Crippen LogP contribution in [-0.4, -0.2) is 25.6 Å². The standard InChI is InChI=1S/C18H24ClFN4O3/c19-23-9-4-2-1-3-8-22-16(25)6-5-10-26-15-12-14(20)17(24-21)18-13(15)7-11-27-18/h7,11-12,21,23H,1-6,8-10H2,(H,22,25). The lowest BCUT2D eigenvalue weighted by Crippen LogP contribution is -2.24. The fourth-order valence-corrected chi connectivity index (χ4v) is 2.81. The van der Waals surface area contributed by atoms with Crippen LogP contribution < -0.4 is 14.9 Å². The van der Waals surface area contributed by atoms with Gasteiger partial charge in [-0.3, -0.25) is 4.79 Å². The van der Waals surface area contributed by atoms with E-state index in [1.165, 1.54) is 12.3 Å². The van der Waals surface area contributed by atoms with Crippen LogP contribution in [0.15, 0.2) is 27.9 Å². The molecule has 1 aromatic carbocycles. The number of ether oxygens (including phenoxy) is 1. The van der Waals surface area contributed by atoms with Crippen molar-refractivity contribution in [1.82, 2.24) is 10.2 Å². The van der Waals surface area contributed by atoms with Gasteiger partial charge < -0.3 is 14.5 Å². The largest absolute Gasteiger partial charge is 0.493 e. The molecule has 7 nitrogen and oxygen atoms in total. The van der Waals surface area contributed by atoms with Crippen molar-refractivity contribution in [2.45, 2.75) is 38.5 Å². The van der Waals surface area contributed by atoms with Gasteiger partial charge in [-0.1, -0.05) is 12.8 Å². The number of amides is 1. The first-order valence-electron chi connectivity index (χ1n) is 8.97. The van der Waals surface area contributed by atoms with E-state index in [1.54, 1.807) is 6.07 Å². The van der Waals surface area contributed by atoms with Crippen LogP contribution in [-0.2, 0) is 4.79 Å². The number of fused-ring (bicyclic) bond motifs is 1. The molecule has 0 aliphatic heterocycles. The van der Waals surface area contributed by atoms with Gasteiger partial charge in [0.05, 0.1) is 18.3 Å². The van der Waals surface area contributed by atoms with Crippen molar-refractivity contribution in [3.8, 4) is 5.75 Å². The number of furan rings is 1. The Hall–Kier alpha value is -2.19. The van der Waals surface area contributed by atoms with Crippen molar-refractivity contribution in [2.24, 2.45) is 5.11 Å². The van der Waals surface area contributed by atoms with Gasteiger partial charge in [-0.25, -0.2) is 14.8 Å². The first-order chi connectivity index (χ1) is 13.2. The zero-order chi connectivity index (χ0) is 19.5. The lowest BCUT2D eigenvalue weighted by atomic mass is 10.2. The van der Waals surface area contributed by atoms with Gasteiger partial charge in [-0.15, -0.1) is 0 Å². The Morgan fingerprint density at radius 3 is 2.78 bits per heavy atom. The number of nitrogens with zero attached hydrogens (tertiary/aromatic N) is 1. The van der Waals surface area contributed by atoms with Crippen molar-refractivity contribution < 1.29 is 18.3 Å². The zero-order valence-corrected chi connectivity index (χ0v) is 15.8. The van der Waals surface area contributed by atoms with Gasteiger partial charge in [0.25, 0.3) is 0 Å². The van der Waals surface area contributed by atoms with E-state index < -0.39 is 5.82 Å². The van der Waals surface area contributed by atoms with Gasteiger partial charge in [-0.05, 0) is 37.1 Å². The van der Waals surface area contributed by atoms with E-state index in [2.05, 4.69) is 15.3 Å². The van der Waals surface area contributed by atoms with E-state index in [0.717, 1.165) is 32.2 Å². The minimum Gasteiger partial charge on any atom is -0.493 e. The highest BCUT2D eigenvalue weighted by molar-refractivity contribution is 6.13. The fourth-order valence-electron chi connectivity index (χ4n) is 2.68. The molecule has 0 saturated heterocycles. The molecule has 0 aliphatic rings.